The molecule has 0 unspecified atom stereocenters. The summed E-state index contributed by atoms with van der Waals surface area (Å²) in [5, 5.41) is 0. The summed E-state index contributed by atoms with van der Waals surface area (Å²) in [4.78, 5) is 16.9. The maximum absolute atomic E-state index is 13.0. The highest BCUT2D eigenvalue weighted by atomic mass is 19.1. The van der Waals surface area contributed by atoms with Crippen LogP contribution in [0.5, 0.6) is 0 Å². The van der Waals surface area contributed by atoms with Crippen LogP contribution in [0.25, 0.3) is 0 Å². The summed E-state index contributed by atoms with van der Waals surface area (Å²) in [7, 11) is 0. The highest BCUT2D eigenvalue weighted by molar-refractivity contribution is 5.94. The van der Waals surface area contributed by atoms with Gasteiger partial charge in [0.25, 0.3) is 5.91 Å². The molecule has 0 aromatic heterocycles. The Morgan fingerprint density at radius 3 is 2.42 bits per heavy atom. The van der Waals surface area contributed by atoms with Crippen molar-refractivity contribution < 1.29 is 9.18 Å². The van der Waals surface area contributed by atoms with Gasteiger partial charge in [-0.3, -0.25) is 4.79 Å². The fourth-order valence-electron chi connectivity index (χ4n) is 3.66. The number of amides is 1. The minimum Gasteiger partial charge on any atom is -0.372 e. The third kappa shape index (κ3) is 2.88. The minimum absolute atomic E-state index is 0.0238. The quantitative estimate of drug-likeness (QED) is 0.842. The fourth-order valence-corrected chi connectivity index (χ4v) is 3.66. The molecule has 24 heavy (non-hydrogen) atoms. The van der Waals surface area contributed by atoms with E-state index in [4.69, 9.17) is 0 Å². The van der Waals surface area contributed by atoms with E-state index >= 15 is 0 Å². The van der Waals surface area contributed by atoms with E-state index in [1.807, 2.05) is 4.90 Å². The van der Waals surface area contributed by atoms with Gasteiger partial charge in [-0.25, -0.2) is 4.39 Å². The van der Waals surface area contributed by atoms with Crippen molar-refractivity contribution in [2.24, 2.45) is 0 Å². The third-order valence-electron chi connectivity index (χ3n) is 5.05. The standard InChI is InChI=1S/C20H21FN2O/c21-18-6-3-15(4-7-18)20(24)23-12-9-16-13-19(8-5-17(16)14-23)22-10-1-2-11-22/h3-8,13H,1-2,9-12,14H2. The Balaban J connectivity index is 1.51. The van der Waals surface area contributed by atoms with E-state index in [2.05, 4.69) is 23.1 Å². The van der Waals surface area contributed by atoms with Crippen molar-refractivity contribution in [2.75, 3.05) is 24.5 Å². The Labute approximate surface area is 141 Å². The van der Waals surface area contributed by atoms with Crippen LogP contribution in [-0.2, 0) is 13.0 Å². The monoisotopic (exact) mass is 324 g/mol. The molecular formula is C20H21FN2O. The largest absolute Gasteiger partial charge is 0.372 e. The second-order valence-electron chi connectivity index (χ2n) is 6.63. The predicted octanol–water partition coefficient (Wildman–Crippen LogP) is 3.62. The molecule has 2 aromatic carbocycles. The first-order valence-electron chi connectivity index (χ1n) is 8.62. The molecule has 0 N–H and O–H groups in total. The molecule has 4 rings (SSSR count). The van der Waals surface area contributed by atoms with E-state index in [0.29, 0.717) is 18.7 Å². The Morgan fingerprint density at radius 1 is 0.917 bits per heavy atom. The average molecular weight is 324 g/mol. The van der Waals surface area contributed by atoms with Crippen LogP contribution in [0.1, 0.15) is 34.3 Å². The van der Waals surface area contributed by atoms with Gasteiger partial charge in [0, 0.05) is 37.4 Å². The highest BCUT2D eigenvalue weighted by Crippen LogP contribution is 2.27. The van der Waals surface area contributed by atoms with E-state index in [1.54, 1.807) is 12.1 Å². The molecule has 0 bridgehead atoms. The van der Waals surface area contributed by atoms with E-state index in [1.165, 1.54) is 41.8 Å². The summed E-state index contributed by atoms with van der Waals surface area (Å²) in [6.45, 7) is 3.64. The molecule has 4 heteroatoms. The van der Waals surface area contributed by atoms with Crippen LogP contribution in [-0.4, -0.2) is 30.4 Å². The van der Waals surface area contributed by atoms with Crippen molar-refractivity contribution in [2.45, 2.75) is 25.8 Å². The Morgan fingerprint density at radius 2 is 1.67 bits per heavy atom. The maximum Gasteiger partial charge on any atom is 0.254 e. The summed E-state index contributed by atoms with van der Waals surface area (Å²) < 4.78 is 13.0. The number of anilines is 1. The zero-order valence-electron chi connectivity index (χ0n) is 13.7. The van der Waals surface area contributed by atoms with E-state index in [-0.39, 0.29) is 11.7 Å². The van der Waals surface area contributed by atoms with Gasteiger partial charge < -0.3 is 9.80 Å². The molecule has 0 aliphatic carbocycles. The van der Waals surface area contributed by atoms with Crippen LogP contribution in [0.2, 0.25) is 0 Å². The van der Waals surface area contributed by atoms with Gasteiger partial charge >= 0.3 is 0 Å². The molecule has 2 aliphatic rings. The number of nitrogens with zero attached hydrogens (tertiary/aromatic N) is 2. The number of benzene rings is 2. The molecule has 0 radical (unpaired) electrons. The lowest BCUT2D eigenvalue weighted by molar-refractivity contribution is 0.0734. The van der Waals surface area contributed by atoms with Gasteiger partial charge in [-0.15, -0.1) is 0 Å². The lowest BCUT2D eigenvalue weighted by atomic mass is 9.98. The SMILES string of the molecule is O=C(c1ccc(F)cc1)N1CCc2cc(N3CCCC3)ccc2C1. The third-order valence-corrected chi connectivity index (χ3v) is 5.05. The molecule has 0 spiro atoms. The fraction of sp³-hybridized carbons (Fsp3) is 0.350. The molecule has 0 atom stereocenters. The normalized spacial score (nSPS) is 17.0. The van der Waals surface area contributed by atoms with Crippen molar-refractivity contribution in [1.82, 2.24) is 4.90 Å². The van der Waals surface area contributed by atoms with Crippen LogP contribution in [0.4, 0.5) is 10.1 Å². The van der Waals surface area contributed by atoms with Gasteiger partial charge in [-0.2, -0.15) is 0 Å². The van der Waals surface area contributed by atoms with Crippen LogP contribution >= 0.6 is 0 Å². The zero-order valence-corrected chi connectivity index (χ0v) is 13.7. The van der Waals surface area contributed by atoms with Gasteiger partial charge in [0.1, 0.15) is 5.82 Å². The number of carbonyl (C=O) groups excluding carboxylic acids is 1. The van der Waals surface area contributed by atoms with E-state index in [0.717, 1.165) is 19.5 Å². The summed E-state index contributed by atoms with van der Waals surface area (Å²) in [5.74, 6) is -0.339. The van der Waals surface area contributed by atoms with Crippen molar-refractivity contribution in [3.63, 3.8) is 0 Å². The molecule has 2 heterocycles. The smallest absolute Gasteiger partial charge is 0.254 e. The molecular weight excluding hydrogens is 303 g/mol. The summed E-state index contributed by atoms with van der Waals surface area (Å²) >= 11 is 0. The van der Waals surface area contributed by atoms with Gasteiger partial charge in [0.2, 0.25) is 0 Å². The number of fused-ring (bicyclic) bond motifs is 1. The van der Waals surface area contributed by atoms with Crippen LogP contribution < -0.4 is 4.90 Å². The molecule has 3 nitrogen and oxygen atoms in total. The Kier molecular flexibility index (Phi) is 3.97. The van der Waals surface area contributed by atoms with Gasteiger partial charge in [0.15, 0.2) is 0 Å². The zero-order chi connectivity index (χ0) is 16.5. The molecule has 1 amide bonds. The average Bonchev–Trinajstić information content (AvgIpc) is 3.15. The highest BCUT2D eigenvalue weighted by Gasteiger charge is 2.23. The van der Waals surface area contributed by atoms with Gasteiger partial charge in [-0.05, 0) is 66.8 Å². The van der Waals surface area contributed by atoms with Crippen LogP contribution in [0.3, 0.4) is 0 Å². The molecule has 2 aliphatic heterocycles. The van der Waals surface area contributed by atoms with Gasteiger partial charge in [0.05, 0.1) is 0 Å². The summed E-state index contributed by atoms with van der Waals surface area (Å²) in [6.07, 6.45) is 3.43. The van der Waals surface area contributed by atoms with Crippen LogP contribution in [0, 0.1) is 5.82 Å². The molecule has 1 fully saturated rings. The number of hydrogen-bond donors (Lipinski definition) is 0. The first-order chi connectivity index (χ1) is 11.7. The van der Waals surface area contributed by atoms with Crippen molar-refractivity contribution >= 4 is 11.6 Å². The molecule has 0 saturated carbocycles. The first-order valence-corrected chi connectivity index (χ1v) is 8.62. The number of halogens is 1. The number of hydrogen-bond acceptors (Lipinski definition) is 2. The molecule has 1 saturated heterocycles. The first kappa shape index (κ1) is 15.2. The summed E-state index contributed by atoms with van der Waals surface area (Å²) in [5.41, 5.74) is 4.43. The second-order valence-corrected chi connectivity index (χ2v) is 6.63. The maximum atomic E-state index is 13.0. The number of carbonyl (C=O) groups is 1. The van der Waals surface area contributed by atoms with E-state index in [9.17, 15) is 9.18 Å². The van der Waals surface area contributed by atoms with Gasteiger partial charge in [-0.1, -0.05) is 6.07 Å². The topological polar surface area (TPSA) is 23.6 Å². The van der Waals surface area contributed by atoms with Crippen molar-refractivity contribution in [1.29, 1.82) is 0 Å². The predicted molar refractivity (Wildman–Crippen MR) is 92.7 cm³/mol. The second kappa shape index (κ2) is 6.27. The minimum atomic E-state index is -0.315. The lowest BCUT2D eigenvalue weighted by Crippen LogP contribution is -2.36. The van der Waals surface area contributed by atoms with Crippen molar-refractivity contribution in [3.05, 3.63) is 65.0 Å². The Hall–Kier alpha value is -2.36. The summed E-state index contributed by atoms with van der Waals surface area (Å²) in [6, 6.07) is 12.4. The molecule has 124 valence electrons. The van der Waals surface area contributed by atoms with Crippen molar-refractivity contribution in [3.8, 4) is 0 Å². The molecule has 2 aromatic rings. The van der Waals surface area contributed by atoms with Crippen LogP contribution in [0.15, 0.2) is 42.5 Å². The Bertz CT molecular complexity index is 751. The van der Waals surface area contributed by atoms with E-state index < -0.39 is 0 Å². The lowest BCUT2D eigenvalue weighted by Gasteiger charge is -2.30. The number of rotatable bonds is 2.